The van der Waals surface area contributed by atoms with Crippen LogP contribution in [0.3, 0.4) is 0 Å². The van der Waals surface area contributed by atoms with E-state index in [9.17, 15) is 0 Å². The molecule has 0 aliphatic heterocycles. The van der Waals surface area contributed by atoms with E-state index in [1.54, 1.807) is 4.40 Å². The predicted molar refractivity (Wildman–Crippen MR) is 121 cm³/mol. The van der Waals surface area contributed by atoms with Crippen LogP contribution in [0.15, 0.2) is 60.9 Å². The summed E-state index contributed by atoms with van der Waals surface area (Å²) >= 11 is 6.25. The maximum Gasteiger partial charge on any atom is 0.258 e. The van der Waals surface area contributed by atoms with Gasteiger partial charge in [-0.25, -0.2) is 4.40 Å². The number of nitrogens with zero attached hydrogens (tertiary/aromatic N) is 7. The van der Waals surface area contributed by atoms with Gasteiger partial charge in [-0.1, -0.05) is 24.3 Å². The fourth-order valence-electron chi connectivity index (χ4n) is 3.88. The van der Waals surface area contributed by atoms with Crippen LogP contribution in [-0.4, -0.2) is 36.6 Å². The zero-order valence-corrected chi connectivity index (χ0v) is 17.5. The predicted octanol–water partition coefficient (Wildman–Crippen LogP) is 5.03. The van der Waals surface area contributed by atoms with Gasteiger partial charge in [0, 0.05) is 35.8 Å². The quantitative estimate of drug-likeness (QED) is 0.400. The molecule has 5 aromatic rings. The molecule has 1 fully saturated rings. The Bertz CT molecular complexity index is 1420. The van der Waals surface area contributed by atoms with Gasteiger partial charge in [0.1, 0.15) is 5.82 Å². The first-order valence-electron chi connectivity index (χ1n) is 10.1. The van der Waals surface area contributed by atoms with E-state index in [1.165, 1.54) is 12.8 Å². The molecular formula is C23H18ClN7. The summed E-state index contributed by atoms with van der Waals surface area (Å²) in [7, 11) is 1.99. The van der Waals surface area contributed by atoms with Gasteiger partial charge < -0.3 is 4.90 Å². The Morgan fingerprint density at radius 2 is 1.87 bits per heavy atom. The summed E-state index contributed by atoms with van der Waals surface area (Å²) in [5.41, 5.74) is 4.85. The van der Waals surface area contributed by atoms with Crippen molar-refractivity contribution in [3.05, 3.63) is 71.9 Å². The van der Waals surface area contributed by atoms with Crippen LogP contribution in [0.5, 0.6) is 0 Å². The lowest BCUT2D eigenvalue weighted by Gasteiger charge is -2.21. The van der Waals surface area contributed by atoms with Crippen molar-refractivity contribution in [3.63, 3.8) is 0 Å². The number of anilines is 2. The normalized spacial score (nSPS) is 13.7. The molecular weight excluding hydrogens is 410 g/mol. The average Bonchev–Trinajstić information content (AvgIpc) is 3.61. The number of halogens is 1. The summed E-state index contributed by atoms with van der Waals surface area (Å²) < 4.78 is 1.75. The minimum atomic E-state index is 0.295. The van der Waals surface area contributed by atoms with Gasteiger partial charge in [0.25, 0.3) is 5.78 Å². The lowest BCUT2D eigenvalue weighted by Crippen LogP contribution is -2.13. The Balaban J connectivity index is 1.43. The first kappa shape index (κ1) is 18.2. The summed E-state index contributed by atoms with van der Waals surface area (Å²) in [5.74, 6) is 1.83. The van der Waals surface area contributed by atoms with E-state index in [1.807, 2.05) is 66.8 Å². The van der Waals surface area contributed by atoms with Gasteiger partial charge in [0.2, 0.25) is 5.28 Å². The van der Waals surface area contributed by atoms with Crippen molar-refractivity contribution < 1.29 is 0 Å². The molecule has 1 aliphatic rings. The van der Waals surface area contributed by atoms with Crippen LogP contribution in [-0.2, 0) is 0 Å². The highest BCUT2D eigenvalue weighted by Crippen LogP contribution is 2.39. The first-order chi connectivity index (χ1) is 15.2. The van der Waals surface area contributed by atoms with E-state index >= 15 is 0 Å². The number of hydrogen-bond acceptors (Lipinski definition) is 6. The zero-order chi connectivity index (χ0) is 20.9. The standard InChI is InChI=1S/C23H18ClN7/c1-30(21-17-7-2-3-8-20(17)31-22(24)28-29-23(31)27-21)16-6-4-5-15(11-16)19-13-25-18(12-26-19)14-9-10-14/h2-8,11-14H,9-10H2,1H3. The Morgan fingerprint density at radius 3 is 2.68 bits per heavy atom. The second-order valence-electron chi connectivity index (χ2n) is 7.77. The highest BCUT2D eigenvalue weighted by molar-refractivity contribution is 6.29. The number of rotatable bonds is 4. The Hall–Kier alpha value is -3.58. The van der Waals surface area contributed by atoms with Crippen LogP contribution < -0.4 is 4.90 Å². The second kappa shape index (κ2) is 6.99. The molecule has 31 heavy (non-hydrogen) atoms. The Kier molecular flexibility index (Phi) is 4.11. The van der Waals surface area contributed by atoms with Crippen molar-refractivity contribution in [1.29, 1.82) is 0 Å². The third kappa shape index (κ3) is 3.09. The molecule has 0 saturated heterocycles. The van der Waals surface area contributed by atoms with Crippen LogP contribution in [0.4, 0.5) is 11.5 Å². The van der Waals surface area contributed by atoms with Gasteiger partial charge in [-0.05, 0) is 48.7 Å². The molecule has 0 bridgehead atoms. The van der Waals surface area contributed by atoms with E-state index in [-0.39, 0.29) is 0 Å². The number of fused-ring (bicyclic) bond motifs is 3. The van der Waals surface area contributed by atoms with Crippen molar-refractivity contribution in [3.8, 4) is 11.3 Å². The van der Waals surface area contributed by atoms with Crippen LogP contribution in [0.25, 0.3) is 27.9 Å². The van der Waals surface area contributed by atoms with Crippen LogP contribution in [0, 0.1) is 0 Å². The topological polar surface area (TPSA) is 72.1 Å². The first-order valence-corrected chi connectivity index (χ1v) is 10.5. The van der Waals surface area contributed by atoms with E-state index < -0.39 is 0 Å². The molecule has 7 nitrogen and oxygen atoms in total. The van der Waals surface area contributed by atoms with Gasteiger partial charge >= 0.3 is 0 Å². The van der Waals surface area contributed by atoms with Crippen molar-refractivity contribution in [2.45, 2.75) is 18.8 Å². The molecule has 0 amide bonds. The minimum absolute atomic E-state index is 0.295. The van der Waals surface area contributed by atoms with Gasteiger partial charge in [-0.15, -0.1) is 10.2 Å². The average molecular weight is 428 g/mol. The molecule has 3 heterocycles. The lowest BCUT2D eigenvalue weighted by atomic mass is 10.1. The maximum atomic E-state index is 6.25. The van der Waals surface area contributed by atoms with Crippen LogP contribution in [0.1, 0.15) is 24.5 Å². The summed E-state index contributed by atoms with van der Waals surface area (Å²) in [4.78, 5) is 16.0. The number of aromatic nitrogens is 6. The Labute approximate surface area is 183 Å². The van der Waals surface area contributed by atoms with Gasteiger partial charge in [0.05, 0.1) is 23.1 Å². The van der Waals surface area contributed by atoms with Gasteiger partial charge in [-0.3, -0.25) is 9.97 Å². The molecule has 0 unspecified atom stereocenters. The molecule has 0 spiro atoms. The van der Waals surface area contributed by atoms with Crippen molar-refractivity contribution >= 4 is 39.8 Å². The molecule has 0 radical (unpaired) electrons. The van der Waals surface area contributed by atoms with E-state index in [2.05, 4.69) is 26.2 Å². The molecule has 1 saturated carbocycles. The summed E-state index contributed by atoms with van der Waals surface area (Å²) in [6.45, 7) is 0. The third-order valence-electron chi connectivity index (χ3n) is 5.71. The van der Waals surface area contributed by atoms with Crippen molar-refractivity contribution in [1.82, 2.24) is 29.5 Å². The summed E-state index contributed by atoms with van der Waals surface area (Å²) in [6.07, 6.45) is 6.21. The SMILES string of the molecule is CN(c1cccc(-c2cnc(C3CC3)cn2)c1)c1nc2nnc(Cl)n2c2ccccc12. The number of benzene rings is 2. The largest absolute Gasteiger partial charge is 0.329 e. The fourth-order valence-corrected chi connectivity index (χ4v) is 4.08. The summed E-state index contributed by atoms with van der Waals surface area (Å²) in [6, 6.07) is 16.2. The van der Waals surface area contributed by atoms with Gasteiger partial charge in [0.15, 0.2) is 0 Å². The maximum absolute atomic E-state index is 6.25. The van der Waals surface area contributed by atoms with Crippen LogP contribution in [0.2, 0.25) is 5.28 Å². The van der Waals surface area contributed by atoms with Crippen LogP contribution >= 0.6 is 11.6 Å². The molecule has 3 aromatic heterocycles. The number of para-hydroxylation sites is 1. The molecule has 0 N–H and O–H groups in total. The minimum Gasteiger partial charge on any atom is -0.329 e. The summed E-state index contributed by atoms with van der Waals surface area (Å²) in [5, 5.41) is 9.35. The van der Waals surface area contributed by atoms with E-state index in [0.717, 1.165) is 39.4 Å². The molecule has 0 atom stereocenters. The zero-order valence-electron chi connectivity index (χ0n) is 16.8. The lowest BCUT2D eigenvalue weighted by molar-refractivity contribution is 0.991. The second-order valence-corrected chi connectivity index (χ2v) is 8.11. The third-order valence-corrected chi connectivity index (χ3v) is 5.96. The van der Waals surface area contributed by atoms with Crippen molar-refractivity contribution in [2.24, 2.45) is 0 Å². The molecule has 1 aliphatic carbocycles. The fraction of sp³-hybridized carbons (Fsp3) is 0.174. The number of hydrogen-bond donors (Lipinski definition) is 0. The molecule has 152 valence electrons. The monoisotopic (exact) mass is 427 g/mol. The molecule has 8 heteroatoms. The van der Waals surface area contributed by atoms with E-state index in [0.29, 0.717) is 17.0 Å². The Morgan fingerprint density at radius 1 is 1.00 bits per heavy atom. The van der Waals surface area contributed by atoms with Crippen molar-refractivity contribution in [2.75, 3.05) is 11.9 Å². The van der Waals surface area contributed by atoms with E-state index in [4.69, 9.17) is 16.6 Å². The smallest absolute Gasteiger partial charge is 0.258 e. The highest BCUT2D eigenvalue weighted by atomic mass is 35.5. The molecule has 6 rings (SSSR count). The molecule has 2 aromatic carbocycles. The highest BCUT2D eigenvalue weighted by Gasteiger charge is 2.25. The van der Waals surface area contributed by atoms with Gasteiger partial charge in [-0.2, -0.15) is 4.98 Å².